The molecule has 1 aliphatic rings. The number of benzene rings is 1. The number of anilines is 1. The average molecular weight is 223 g/mol. The van der Waals surface area contributed by atoms with Crippen LogP contribution in [0.5, 0.6) is 5.75 Å². The molecule has 0 unspecified atom stereocenters. The molecule has 1 aromatic carbocycles. The molecule has 82 valence electrons. The molecule has 15 heavy (non-hydrogen) atoms. The largest absolute Gasteiger partial charge is 0.491 e. The van der Waals surface area contributed by atoms with Crippen molar-refractivity contribution in [1.82, 2.24) is 0 Å². The van der Waals surface area contributed by atoms with Crippen LogP contribution in [0.15, 0.2) is 23.1 Å². The summed E-state index contributed by atoms with van der Waals surface area (Å²) in [5.41, 5.74) is 1.19. The topological polar surface area (TPSA) is 21.3 Å². The molecule has 1 heterocycles. The normalized spacial score (nSPS) is 15.0. The van der Waals surface area contributed by atoms with Gasteiger partial charge in [-0.25, -0.2) is 0 Å². The van der Waals surface area contributed by atoms with Crippen LogP contribution < -0.4 is 10.1 Å². The minimum absolute atomic E-state index is 0.794. The summed E-state index contributed by atoms with van der Waals surface area (Å²) in [4.78, 5) is 1.32. The van der Waals surface area contributed by atoms with Gasteiger partial charge >= 0.3 is 0 Å². The van der Waals surface area contributed by atoms with Gasteiger partial charge in [0.2, 0.25) is 0 Å². The number of fused-ring (bicyclic) bond motifs is 1. The Morgan fingerprint density at radius 2 is 2.40 bits per heavy atom. The quantitative estimate of drug-likeness (QED) is 0.848. The number of hydrogen-bond donors (Lipinski definition) is 1. The van der Waals surface area contributed by atoms with E-state index in [0.29, 0.717) is 0 Å². The van der Waals surface area contributed by atoms with Crippen molar-refractivity contribution in [2.24, 2.45) is 0 Å². The third-order valence-electron chi connectivity index (χ3n) is 2.33. The highest BCUT2D eigenvalue weighted by molar-refractivity contribution is 7.99. The molecular weight excluding hydrogens is 206 g/mol. The molecular formula is C12H17NOS. The molecule has 0 bridgehead atoms. The Bertz CT molecular complexity index is 327. The average Bonchev–Trinajstić information content (AvgIpc) is 2.51. The van der Waals surface area contributed by atoms with Gasteiger partial charge in [-0.05, 0) is 30.7 Å². The molecule has 3 heteroatoms. The molecule has 0 spiro atoms. The SMILES string of the molecule is CCCOc1cccc2c1NCCCS2. The van der Waals surface area contributed by atoms with Gasteiger partial charge in [0, 0.05) is 11.4 Å². The highest BCUT2D eigenvalue weighted by Crippen LogP contribution is 2.37. The van der Waals surface area contributed by atoms with Gasteiger partial charge in [0.05, 0.1) is 12.3 Å². The van der Waals surface area contributed by atoms with E-state index in [2.05, 4.69) is 24.4 Å². The highest BCUT2D eigenvalue weighted by atomic mass is 32.2. The second kappa shape index (κ2) is 5.31. The number of hydrogen-bond acceptors (Lipinski definition) is 3. The van der Waals surface area contributed by atoms with E-state index in [1.165, 1.54) is 22.8 Å². The number of rotatable bonds is 3. The Morgan fingerprint density at radius 3 is 3.27 bits per heavy atom. The Balaban J connectivity index is 2.22. The summed E-state index contributed by atoms with van der Waals surface area (Å²) in [6.45, 7) is 3.97. The minimum atomic E-state index is 0.794. The molecule has 0 radical (unpaired) electrons. The second-order valence-corrected chi connectivity index (χ2v) is 4.74. The lowest BCUT2D eigenvalue weighted by molar-refractivity contribution is 0.318. The maximum atomic E-state index is 5.73. The monoisotopic (exact) mass is 223 g/mol. The van der Waals surface area contributed by atoms with E-state index < -0.39 is 0 Å². The van der Waals surface area contributed by atoms with Crippen LogP contribution in [0.3, 0.4) is 0 Å². The van der Waals surface area contributed by atoms with Crippen molar-refractivity contribution < 1.29 is 4.74 Å². The van der Waals surface area contributed by atoms with Crippen molar-refractivity contribution in [3.63, 3.8) is 0 Å². The van der Waals surface area contributed by atoms with E-state index in [4.69, 9.17) is 4.74 Å². The maximum Gasteiger partial charge on any atom is 0.143 e. The standard InChI is InChI=1S/C12H17NOS/c1-2-8-14-10-5-3-6-11-12(10)13-7-4-9-15-11/h3,5-6,13H,2,4,7-9H2,1H3. The van der Waals surface area contributed by atoms with Gasteiger partial charge in [-0.1, -0.05) is 13.0 Å². The molecule has 0 fully saturated rings. The van der Waals surface area contributed by atoms with Crippen LogP contribution in [0.1, 0.15) is 19.8 Å². The van der Waals surface area contributed by atoms with Crippen molar-refractivity contribution in [3.8, 4) is 5.75 Å². The number of thioether (sulfide) groups is 1. The van der Waals surface area contributed by atoms with Crippen molar-refractivity contribution in [3.05, 3.63) is 18.2 Å². The third kappa shape index (κ3) is 2.59. The van der Waals surface area contributed by atoms with Crippen LogP contribution in [0.25, 0.3) is 0 Å². The summed E-state index contributed by atoms with van der Waals surface area (Å²) in [6, 6.07) is 6.29. The molecule has 2 nitrogen and oxygen atoms in total. The Labute approximate surface area is 95.4 Å². The fourth-order valence-corrected chi connectivity index (χ4v) is 2.61. The van der Waals surface area contributed by atoms with Crippen molar-refractivity contribution in [1.29, 1.82) is 0 Å². The molecule has 0 aliphatic carbocycles. The van der Waals surface area contributed by atoms with Gasteiger partial charge in [-0.15, -0.1) is 11.8 Å². The van der Waals surface area contributed by atoms with Gasteiger partial charge in [0.15, 0.2) is 0 Å². The van der Waals surface area contributed by atoms with E-state index in [-0.39, 0.29) is 0 Å². The summed E-state index contributed by atoms with van der Waals surface area (Å²) in [5, 5.41) is 3.46. The Kier molecular flexibility index (Phi) is 3.78. The minimum Gasteiger partial charge on any atom is -0.491 e. The first-order valence-electron chi connectivity index (χ1n) is 5.54. The molecule has 1 aromatic rings. The van der Waals surface area contributed by atoms with Gasteiger partial charge < -0.3 is 10.1 Å². The van der Waals surface area contributed by atoms with Crippen LogP contribution >= 0.6 is 11.8 Å². The van der Waals surface area contributed by atoms with Gasteiger partial charge in [0.1, 0.15) is 5.75 Å². The lowest BCUT2D eigenvalue weighted by Crippen LogP contribution is -2.04. The number of para-hydroxylation sites is 1. The molecule has 0 saturated carbocycles. The molecule has 0 atom stereocenters. The first kappa shape index (κ1) is 10.7. The molecule has 0 aromatic heterocycles. The van der Waals surface area contributed by atoms with Gasteiger partial charge in [-0.2, -0.15) is 0 Å². The molecule has 1 N–H and O–H groups in total. The first-order chi connectivity index (χ1) is 7.42. The fourth-order valence-electron chi connectivity index (χ4n) is 1.61. The lowest BCUT2D eigenvalue weighted by Gasteiger charge is -2.13. The highest BCUT2D eigenvalue weighted by Gasteiger charge is 2.12. The van der Waals surface area contributed by atoms with Crippen molar-refractivity contribution >= 4 is 17.4 Å². The van der Waals surface area contributed by atoms with E-state index in [1.807, 2.05) is 17.8 Å². The van der Waals surface area contributed by atoms with Crippen LogP contribution in [0, 0.1) is 0 Å². The van der Waals surface area contributed by atoms with Crippen LogP contribution in [-0.2, 0) is 0 Å². The summed E-state index contributed by atoms with van der Waals surface area (Å²) in [5.74, 6) is 2.20. The number of nitrogens with one attached hydrogen (secondary N) is 1. The Morgan fingerprint density at radius 1 is 1.47 bits per heavy atom. The summed E-state index contributed by atoms with van der Waals surface area (Å²) in [7, 11) is 0. The third-order valence-corrected chi connectivity index (χ3v) is 3.47. The fraction of sp³-hybridized carbons (Fsp3) is 0.500. The maximum absolute atomic E-state index is 5.73. The predicted molar refractivity (Wildman–Crippen MR) is 66.1 cm³/mol. The summed E-state index contributed by atoms with van der Waals surface area (Å²) in [6.07, 6.45) is 2.27. The Hall–Kier alpha value is -0.830. The van der Waals surface area contributed by atoms with Crippen molar-refractivity contribution in [2.45, 2.75) is 24.7 Å². The summed E-state index contributed by atoms with van der Waals surface area (Å²) < 4.78 is 5.73. The molecule has 0 amide bonds. The zero-order valence-electron chi connectivity index (χ0n) is 9.08. The van der Waals surface area contributed by atoms with E-state index >= 15 is 0 Å². The molecule has 0 saturated heterocycles. The molecule has 2 rings (SSSR count). The van der Waals surface area contributed by atoms with E-state index in [0.717, 1.165) is 25.3 Å². The zero-order valence-corrected chi connectivity index (χ0v) is 9.90. The van der Waals surface area contributed by atoms with Crippen molar-refractivity contribution in [2.75, 3.05) is 24.2 Å². The van der Waals surface area contributed by atoms with Crippen LogP contribution in [0.2, 0.25) is 0 Å². The van der Waals surface area contributed by atoms with Gasteiger partial charge in [0.25, 0.3) is 0 Å². The van der Waals surface area contributed by atoms with Gasteiger partial charge in [-0.3, -0.25) is 0 Å². The lowest BCUT2D eigenvalue weighted by atomic mass is 10.3. The smallest absolute Gasteiger partial charge is 0.143 e. The molecule has 1 aliphatic heterocycles. The van der Waals surface area contributed by atoms with Crippen LogP contribution in [-0.4, -0.2) is 18.9 Å². The number of ether oxygens (including phenoxy) is 1. The van der Waals surface area contributed by atoms with E-state index in [9.17, 15) is 0 Å². The van der Waals surface area contributed by atoms with E-state index in [1.54, 1.807) is 0 Å². The second-order valence-electron chi connectivity index (χ2n) is 3.61. The zero-order chi connectivity index (χ0) is 10.5. The first-order valence-corrected chi connectivity index (χ1v) is 6.53. The predicted octanol–water partition coefficient (Wildman–Crippen LogP) is 3.38. The summed E-state index contributed by atoms with van der Waals surface area (Å²) >= 11 is 1.91. The van der Waals surface area contributed by atoms with Crippen LogP contribution in [0.4, 0.5) is 5.69 Å².